The predicted molar refractivity (Wildman–Crippen MR) is 106 cm³/mol. The molecular weight excluding hydrogens is 325 g/mol. The first-order valence-electron chi connectivity index (χ1n) is 9.39. The van der Waals surface area contributed by atoms with Crippen LogP contribution in [-0.4, -0.2) is 16.8 Å². The van der Waals surface area contributed by atoms with E-state index in [1.165, 1.54) is 12.1 Å². The van der Waals surface area contributed by atoms with Gasteiger partial charge in [0.1, 0.15) is 5.82 Å². The number of nitrogens with zero attached hydrogens (tertiary/aromatic N) is 1. The highest BCUT2D eigenvalue weighted by Crippen LogP contribution is 2.17. The average Bonchev–Trinajstić information content (AvgIpc) is 2.67. The van der Waals surface area contributed by atoms with Gasteiger partial charge in [-0.3, -0.25) is 4.79 Å². The summed E-state index contributed by atoms with van der Waals surface area (Å²) in [6, 6.07) is 16.7. The van der Waals surface area contributed by atoms with Crippen LogP contribution in [0.1, 0.15) is 50.7 Å². The Morgan fingerprint density at radius 2 is 1.69 bits per heavy atom. The molecule has 0 unspecified atom stereocenters. The van der Waals surface area contributed by atoms with Gasteiger partial charge in [0, 0.05) is 19.0 Å². The molecular formula is C23H28FNO. The Morgan fingerprint density at radius 1 is 1.04 bits per heavy atom. The van der Waals surface area contributed by atoms with Gasteiger partial charge < -0.3 is 4.90 Å². The Bertz CT molecular complexity index is 690. The zero-order valence-corrected chi connectivity index (χ0v) is 15.7. The molecule has 0 aromatic heterocycles. The van der Waals surface area contributed by atoms with E-state index in [-0.39, 0.29) is 17.8 Å². The minimum Gasteiger partial charge on any atom is -0.335 e. The van der Waals surface area contributed by atoms with Crippen LogP contribution in [0, 0.1) is 5.82 Å². The fraction of sp³-hybridized carbons (Fsp3) is 0.348. The Hall–Kier alpha value is -2.42. The van der Waals surface area contributed by atoms with Gasteiger partial charge in [0.15, 0.2) is 0 Å². The molecule has 0 aliphatic carbocycles. The highest BCUT2D eigenvalue weighted by Gasteiger charge is 2.20. The van der Waals surface area contributed by atoms with Crippen molar-refractivity contribution in [3.63, 3.8) is 0 Å². The van der Waals surface area contributed by atoms with E-state index in [2.05, 4.69) is 26.0 Å². The minimum absolute atomic E-state index is 0.153. The Morgan fingerprint density at radius 3 is 2.31 bits per heavy atom. The smallest absolute Gasteiger partial charge is 0.223 e. The molecule has 1 amide bonds. The maximum Gasteiger partial charge on any atom is 0.223 e. The summed E-state index contributed by atoms with van der Waals surface area (Å²) >= 11 is 0. The van der Waals surface area contributed by atoms with Gasteiger partial charge in [-0.05, 0) is 42.5 Å². The lowest BCUT2D eigenvalue weighted by Gasteiger charge is -2.31. The van der Waals surface area contributed by atoms with Gasteiger partial charge in [-0.15, -0.1) is 0 Å². The molecule has 2 nitrogen and oxygen atoms in total. The van der Waals surface area contributed by atoms with Crippen LogP contribution in [0.3, 0.4) is 0 Å². The summed E-state index contributed by atoms with van der Waals surface area (Å²) in [6.07, 6.45) is 7.15. The zero-order valence-electron chi connectivity index (χ0n) is 15.7. The number of allylic oxidation sites excluding steroid dienone is 1. The molecule has 26 heavy (non-hydrogen) atoms. The van der Waals surface area contributed by atoms with Gasteiger partial charge in [-0.1, -0.05) is 68.5 Å². The average molecular weight is 353 g/mol. The van der Waals surface area contributed by atoms with E-state index >= 15 is 0 Å². The van der Waals surface area contributed by atoms with Crippen LogP contribution in [-0.2, 0) is 11.3 Å². The third kappa shape index (κ3) is 6.14. The van der Waals surface area contributed by atoms with Gasteiger partial charge in [0.25, 0.3) is 0 Å². The van der Waals surface area contributed by atoms with Crippen LogP contribution in [0.4, 0.5) is 4.39 Å². The van der Waals surface area contributed by atoms with Crippen LogP contribution >= 0.6 is 0 Å². The van der Waals surface area contributed by atoms with Crippen molar-refractivity contribution in [1.29, 1.82) is 0 Å². The summed E-state index contributed by atoms with van der Waals surface area (Å²) in [5.41, 5.74) is 2.11. The van der Waals surface area contributed by atoms with Crippen LogP contribution in [0.25, 0.3) is 6.08 Å². The molecule has 0 aliphatic rings. The second kappa shape index (κ2) is 10.5. The topological polar surface area (TPSA) is 20.3 Å². The molecule has 2 rings (SSSR count). The fourth-order valence-electron chi connectivity index (χ4n) is 3.07. The standard InChI is InChI=1S/C23H28FNO/c1-3-22(4-2)25(18-20-14-16-21(24)17-15-20)23(26)13-9-8-12-19-10-6-5-7-11-19/h5-8,10-12,14-17,22H,3-4,9,13,18H2,1-2H3/b12-8+. The van der Waals surface area contributed by atoms with E-state index < -0.39 is 0 Å². The van der Waals surface area contributed by atoms with E-state index in [4.69, 9.17) is 0 Å². The number of halogens is 1. The number of amides is 1. The van der Waals surface area contributed by atoms with Crippen molar-refractivity contribution in [3.8, 4) is 0 Å². The van der Waals surface area contributed by atoms with Gasteiger partial charge in [0.05, 0.1) is 0 Å². The number of carbonyl (C=O) groups excluding carboxylic acids is 1. The molecule has 3 heteroatoms. The first-order chi connectivity index (χ1) is 12.6. The summed E-state index contributed by atoms with van der Waals surface area (Å²) in [5, 5.41) is 0. The van der Waals surface area contributed by atoms with Crippen molar-refractivity contribution in [2.75, 3.05) is 0 Å². The van der Waals surface area contributed by atoms with Crippen LogP contribution in [0.2, 0.25) is 0 Å². The zero-order chi connectivity index (χ0) is 18.8. The summed E-state index contributed by atoms with van der Waals surface area (Å²) in [7, 11) is 0. The number of carbonyl (C=O) groups is 1. The Balaban J connectivity index is 1.98. The highest BCUT2D eigenvalue weighted by molar-refractivity contribution is 5.76. The maximum atomic E-state index is 13.1. The first kappa shape index (κ1) is 19.9. The third-order valence-electron chi connectivity index (χ3n) is 4.60. The molecule has 0 fully saturated rings. The van der Waals surface area contributed by atoms with Crippen molar-refractivity contribution < 1.29 is 9.18 Å². The predicted octanol–water partition coefficient (Wildman–Crippen LogP) is 5.84. The van der Waals surface area contributed by atoms with Crippen molar-refractivity contribution in [2.24, 2.45) is 0 Å². The summed E-state index contributed by atoms with van der Waals surface area (Å²) < 4.78 is 13.1. The number of hydrogen-bond acceptors (Lipinski definition) is 1. The lowest BCUT2D eigenvalue weighted by molar-refractivity contribution is -0.134. The maximum absolute atomic E-state index is 13.1. The Kier molecular flexibility index (Phi) is 8.07. The van der Waals surface area contributed by atoms with Crippen molar-refractivity contribution in [2.45, 2.75) is 52.1 Å². The molecule has 0 heterocycles. The second-order valence-corrected chi connectivity index (χ2v) is 6.47. The lowest BCUT2D eigenvalue weighted by Crippen LogP contribution is -2.39. The largest absolute Gasteiger partial charge is 0.335 e. The minimum atomic E-state index is -0.250. The van der Waals surface area contributed by atoms with E-state index in [1.807, 2.05) is 35.2 Å². The molecule has 0 radical (unpaired) electrons. The molecule has 0 spiro atoms. The summed E-state index contributed by atoms with van der Waals surface area (Å²) in [4.78, 5) is 14.8. The van der Waals surface area contributed by atoms with E-state index in [0.29, 0.717) is 19.4 Å². The van der Waals surface area contributed by atoms with E-state index in [0.717, 1.165) is 24.0 Å². The van der Waals surface area contributed by atoms with Crippen LogP contribution in [0.5, 0.6) is 0 Å². The second-order valence-electron chi connectivity index (χ2n) is 6.47. The molecule has 138 valence electrons. The lowest BCUT2D eigenvalue weighted by atomic mass is 10.1. The van der Waals surface area contributed by atoms with E-state index in [9.17, 15) is 9.18 Å². The number of benzene rings is 2. The summed E-state index contributed by atoms with van der Waals surface area (Å²) in [6.45, 7) is 4.75. The van der Waals surface area contributed by atoms with Crippen molar-refractivity contribution in [1.82, 2.24) is 4.90 Å². The normalized spacial score (nSPS) is 11.2. The fourth-order valence-corrected chi connectivity index (χ4v) is 3.07. The van der Waals surface area contributed by atoms with E-state index in [1.54, 1.807) is 12.1 Å². The van der Waals surface area contributed by atoms with Crippen molar-refractivity contribution >= 4 is 12.0 Å². The molecule has 0 atom stereocenters. The SMILES string of the molecule is CCC(CC)N(Cc1ccc(F)cc1)C(=O)CC/C=C/c1ccccc1. The number of rotatable bonds is 9. The van der Waals surface area contributed by atoms with Gasteiger partial charge in [0.2, 0.25) is 5.91 Å². The first-order valence-corrected chi connectivity index (χ1v) is 9.39. The Labute approximate surface area is 156 Å². The van der Waals surface area contributed by atoms with Gasteiger partial charge in [-0.25, -0.2) is 4.39 Å². The highest BCUT2D eigenvalue weighted by atomic mass is 19.1. The molecule has 0 saturated heterocycles. The quantitative estimate of drug-likeness (QED) is 0.555. The molecule has 0 saturated carbocycles. The van der Waals surface area contributed by atoms with Crippen molar-refractivity contribution in [3.05, 3.63) is 77.6 Å². The van der Waals surface area contributed by atoms with Gasteiger partial charge in [-0.2, -0.15) is 0 Å². The third-order valence-corrected chi connectivity index (χ3v) is 4.60. The molecule has 0 aliphatic heterocycles. The van der Waals surface area contributed by atoms with Crippen LogP contribution in [0.15, 0.2) is 60.7 Å². The number of hydrogen-bond donors (Lipinski definition) is 0. The molecule has 2 aromatic rings. The monoisotopic (exact) mass is 353 g/mol. The molecule has 0 N–H and O–H groups in total. The van der Waals surface area contributed by atoms with Crippen LogP contribution < -0.4 is 0 Å². The molecule has 2 aromatic carbocycles. The molecule has 0 bridgehead atoms. The van der Waals surface area contributed by atoms with Gasteiger partial charge >= 0.3 is 0 Å². The summed E-state index contributed by atoms with van der Waals surface area (Å²) in [5.74, 6) is -0.0963.